The highest BCUT2D eigenvalue weighted by Gasteiger charge is 2.23. The third-order valence-electron chi connectivity index (χ3n) is 4.10. The maximum Gasteiger partial charge on any atom is 0.184 e. The number of benzene rings is 2. The summed E-state index contributed by atoms with van der Waals surface area (Å²) in [5, 5.41) is 12.5. The van der Waals surface area contributed by atoms with Gasteiger partial charge in [-0.1, -0.05) is 12.1 Å². The lowest BCUT2D eigenvalue weighted by Gasteiger charge is -2.23. The smallest absolute Gasteiger partial charge is 0.184 e. The molecule has 0 spiro atoms. The molecule has 0 fully saturated rings. The summed E-state index contributed by atoms with van der Waals surface area (Å²) in [7, 11) is 3.20. The fourth-order valence-electron chi connectivity index (χ4n) is 2.60. The molecule has 2 unspecified atom stereocenters. The zero-order chi connectivity index (χ0) is 18.2. The van der Waals surface area contributed by atoms with E-state index in [9.17, 15) is 4.79 Å². The van der Waals surface area contributed by atoms with E-state index in [4.69, 9.17) is 14.6 Å². The van der Waals surface area contributed by atoms with Crippen molar-refractivity contribution in [2.75, 3.05) is 20.8 Å². The Hall–Kier alpha value is -2.37. The van der Waals surface area contributed by atoms with Gasteiger partial charge in [-0.2, -0.15) is 0 Å². The molecule has 0 aliphatic carbocycles. The molecule has 0 radical (unpaired) electrons. The first-order valence-electron chi connectivity index (χ1n) is 8.28. The summed E-state index contributed by atoms with van der Waals surface area (Å²) in [5.74, 6) is 1.42. The highest BCUT2D eigenvalue weighted by atomic mass is 16.5. The Kier molecular flexibility index (Phi) is 6.98. The molecule has 2 aromatic rings. The largest absolute Gasteiger partial charge is 0.497 e. The molecule has 0 bridgehead atoms. The van der Waals surface area contributed by atoms with Gasteiger partial charge in [-0.25, -0.2) is 0 Å². The van der Waals surface area contributed by atoms with Gasteiger partial charge >= 0.3 is 0 Å². The molecule has 0 amide bonds. The molecule has 0 aliphatic rings. The number of methoxy groups -OCH3 is 2. The first-order chi connectivity index (χ1) is 12.1. The lowest BCUT2D eigenvalue weighted by molar-refractivity contribution is 0.0933. The number of hydrogen-bond acceptors (Lipinski definition) is 5. The summed E-state index contributed by atoms with van der Waals surface area (Å²) in [4.78, 5) is 13.0. The molecule has 0 saturated heterocycles. The van der Waals surface area contributed by atoms with Gasteiger partial charge < -0.3 is 19.9 Å². The third-order valence-corrected chi connectivity index (χ3v) is 4.10. The van der Waals surface area contributed by atoms with Gasteiger partial charge in [-0.3, -0.25) is 4.79 Å². The molecule has 0 aromatic heterocycles. The van der Waals surface area contributed by atoms with Crippen LogP contribution < -0.4 is 14.8 Å². The molecule has 5 heteroatoms. The van der Waals surface area contributed by atoms with E-state index in [1.165, 1.54) is 0 Å². The van der Waals surface area contributed by atoms with Gasteiger partial charge in [0, 0.05) is 18.2 Å². The van der Waals surface area contributed by atoms with Crippen molar-refractivity contribution in [2.24, 2.45) is 0 Å². The maximum absolute atomic E-state index is 13.0. The number of ketones is 1. The number of aliphatic hydroxyl groups is 1. The second-order valence-corrected chi connectivity index (χ2v) is 5.88. The SMILES string of the molecule is COc1ccc(C(=O)C(NC(C)CCO)c2ccc(OC)cc2)cc1. The Balaban J connectivity index is 2.29. The molecule has 2 rings (SSSR count). The summed E-state index contributed by atoms with van der Waals surface area (Å²) in [5.41, 5.74) is 1.46. The van der Waals surface area contributed by atoms with Crippen molar-refractivity contribution in [2.45, 2.75) is 25.4 Å². The number of carbonyl (C=O) groups excluding carboxylic acids is 1. The third kappa shape index (κ3) is 5.05. The molecule has 0 heterocycles. The van der Waals surface area contributed by atoms with Crippen molar-refractivity contribution in [1.29, 1.82) is 0 Å². The highest BCUT2D eigenvalue weighted by Crippen LogP contribution is 2.23. The van der Waals surface area contributed by atoms with E-state index in [0.29, 0.717) is 17.7 Å². The fourth-order valence-corrected chi connectivity index (χ4v) is 2.60. The number of aliphatic hydroxyl groups excluding tert-OH is 1. The maximum atomic E-state index is 13.0. The summed E-state index contributed by atoms with van der Waals surface area (Å²) < 4.78 is 10.3. The number of hydrogen-bond donors (Lipinski definition) is 2. The van der Waals surface area contributed by atoms with Gasteiger partial charge in [0.15, 0.2) is 5.78 Å². The van der Waals surface area contributed by atoms with Crippen LogP contribution in [0.2, 0.25) is 0 Å². The number of ether oxygens (including phenoxy) is 2. The van der Waals surface area contributed by atoms with Gasteiger partial charge in [0.2, 0.25) is 0 Å². The van der Waals surface area contributed by atoms with Crippen molar-refractivity contribution in [3.63, 3.8) is 0 Å². The van der Waals surface area contributed by atoms with Crippen molar-refractivity contribution >= 4 is 5.78 Å². The zero-order valence-electron chi connectivity index (χ0n) is 14.9. The molecule has 5 nitrogen and oxygen atoms in total. The summed E-state index contributed by atoms with van der Waals surface area (Å²) in [6.45, 7) is 2.02. The Morgan fingerprint density at radius 3 is 2.00 bits per heavy atom. The predicted octanol–water partition coefficient (Wildman–Crippen LogP) is 2.99. The molecular weight excluding hydrogens is 318 g/mol. The lowest BCUT2D eigenvalue weighted by atomic mass is 9.96. The van der Waals surface area contributed by atoms with E-state index in [2.05, 4.69) is 5.32 Å². The average molecular weight is 343 g/mol. The quantitative estimate of drug-likeness (QED) is 0.685. The highest BCUT2D eigenvalue weighted by molar-refractivity contribution is 6.00. The normalized spacial score (nSPS) is 13.1. The topological polar surface area (TPSA) is 67.8 Å². The van der Waals surface area contributed by atoms with E-state index < -0.39 is 6.04 Å². The predicted molar refractivity (Wildman–Crippen MR) is 97.4 cm³/mol. The average Bonchev–Trinajstić information content (AvgIpc) is 2.66. The Morgan fingerprint density at radius 1 is 1.00 bits per heavy atom. The van der Waals surface area contributed by atoms with Crippen LogP contribution in [0.25, 0.3) is 0 Å². The fraction of sp³-hybridized carbons (Fsp3) is 0.350. The van der Waals surface area contributed by atoms with Crippen molar-refractivity contribution in [3.05, 3.63) is 59.7 Å². The minimum absolute atomic E-state index is 0.000648. The second-order valence-electron chi connectivity index (χ2n) is 5.88. The summed E-state index contributed by atoms with van der Waals surface area (Å²) in [6, 6.07) is 14.0. The van der Waals surface area contributed by atoms with Crippen molar-refractivity contribution in [1.82, 2.24) is 5.32 Å². The number of nitrogens with one attached hydrogen (secondary N) is 1. The molecule has 0 aliphatic heterocycles. The van der Waals surface area contributed by atoms with Gasteiger partial charge in [-0.05, 0) is 55.3 Å². The van der Waals surface area contributed by atoms with Gasteiger partial charge in [-0.15, -0.1) is 0 Å². The number of Topliss-reactive ketones (excluding diaryl/α,β-unsaturated/α-hetero) is 1. The monoisotopic (exact) mass is 343 g/mol. The van der Waals surface area contributed by atoms with Gasteiger partial charge in [0.05, 0.1) is 20.3 Å². The first-order valence-corrected chi connectivity index (χ1v) is 8.28. The van der Waals surface area contributed by atoms with Crippen LogP contribution in [0.5, 0.6) is 11.5 Å². The van der Waals surface area contributed by atoms with Crippen LogP contribution in [0, 0.1) is 0 Å². The summed E-state index contributed by atoms with van der Waals surface area (Å²) >= 11 is 0. The second kappa shape index (κ2) is 9.20. The van der Waals surface area contributed by atoms with Gasteiger partial charge in [0.1, 0.15) is 11.5 Å². The van der Waals surface area contributed by atoms with Crippen LogP contribution in [0.4, 0.5) is 0 Å². The Bertz CT molecular complexity index is 667. The van der Waals surface area contributed by atoms with Crippen LogP contribution in [0.3, 0.4) is 0 Å². The molecular formula is C20H25NO4. The van der Waals surface area contributed by atoms with Crippen LogP contribution in [-0.2, 0) is 0 Å². The number of rotatable bonds is 9. The van der Waals surface area contributed by atoms with E-state index in [0.717, 1.165) is 11.3 Å². The van der Waals surface area contributed by atoms with E-state index in [1.54, 1.807) is 38.5 Å². The Labute approximate surface area is 148 Å². The molecule has 2 atom stereocenters. The van der Waals surface area contributed by atoms with Crippen molar-refractivity contribution < 1.29 is 19.4 Å². The molecule has 134 valence electrons. The zero-order valence-corrected chi connectivity index (χ0v) is 14.9. The molecule has 25 heavy (non-hydrogen) atoms. The van der Waals surface area contributed by atoms with Crippen molar-refractivity contribution in [3.8, 4) is 11.5 Å². The van der Waals surface area contributed by atoms with Gasteiger partial charge in [0.25, 0.3) is 0 Å². The minimum Gasteiger partial charge on any atom is -0.497 e. The van der Waals surface area contributed by atoms with E-state index in [1.807, 2.05) is 31.2 Å². The van der Waals surface area contributed by atoms with Crippen LogP contribution in [0.15, 0.2) is 48.5 Å². The lowest BCUT2D eigenvalue weighted by Crippen LogP contribution is -2.36. The number of carbonyl (C=O) groups is 1. The Morgan fingerprint density at radius 2 is 1.52 bits per heavy atom. The minimum atomic E-state index is -0.499. The van der Waals surface area contributed by atoms with Crippen LogP contribution in [-0.4, -0.2) is 37.8 Å². The summed E-state index contributed by atoms with van der Waals surface area (Å²) in [6.07, 6.45) is 0.572. The van der Waals surface area contributed by atoms with E-state index >= 15 is 0 Å². The van der Waals surface area contributed by atoms with E-state index in [-0.39, 0.29) is 18.4 Å². The first kappa shape index (κ1) is 19.0. The molecule has 2 N–H and O–H groups in total. The van der Waals surface area contributed by atoms with Crippen LogP contribution in [0.1, 0.15) is 35.3 Å². The van der Waals surface area contributed by atoms with Crippen LogP contribution >= 0.6 is 0 Å². The molecule has 2 aromatic carbocycles. The standard InChI is InChI=1S/C20H25NO4/c1-14(12-13-22)21-19(15-4-8-17(24-2)9-5-15)20(23)16-6-10-18(25-3)11-7-16/h4-11,14,19,21-22H,12-13H2,1-3H3. The molecule has 0 saturated carbocycles.